The molecule has 0 spiro atoms. The molecule has 98 valence electrons. The van der Waals surface area contributed by atoms with Crippen molar-refractivity contribution in [1.82, 2.24) is 10.6 Å². The summed E-state index contributed by atoms with van der Waals surface area (Å²) in [6.07, 6.45) is 2.69. The van der Waals surface area contributed by atoms with Gasteiger partial charge in [-0.15, -0.1) is 0 Å². The van der Waals surface area contributed by atoms with Gasteiger partial charge in [0.15, 0.2) is 0 Å². The van der Waals surface area contributed by atoms with Crippen LogP contribution in [0, 0.1) is 0 Å². The van der Waals surface area contributed by atoms with Crippen LogP contribution in [0.15, 0.2) is 30.3 Å². The fraction of sp³-hybridized carbons (Fsp3) is 0.500. The van der Waals surface area contributed by atoms with Crippen molar-refractivity contribution in [2.45, 2.75) is 31.3 Å². The number of carbonyl (C=O) groups excluding carboxylic acids is 1. The first-order valence-electron chi connectivity index (χ1n) is 6.48. The number of aliphatic hydroxyl groups excluding tert-OH is 1. The number of amides is 1. The van der Waals surface area contributed by atoms with E-state index in [0.29, 0.717) is 12.5 Å². The summed E-state index contributed by atoms with van der Waals surface area (Å²) in [5.41, 5.74) is 0.938. The molecule has 1 aromatic rings. The molecular formula is C14H20N2O2. The minimum atomic E-state index is -0.305. The molecule has 1 aliphatic rings. The predicted octanol–water partition coefficient (Wildman–Crippen LogP) is 0.978. The van der Waals surface area contributed by atoms with Crippen LogP contribution in [0.5, 0.6) is 0 Å². The summed E-state index contributed by atoms with van der Waals surface area (Å²) < 4.78 is 0. The van der Waals surface area contributed by atoms with Gasteiger partial charge in [0.05, 0.1) is 12.6 Å². The normalized spacial score (nSPS) is 20.6. The van der Waals surface area contributed by atoms with Gasteiger partial charge in [0.25, 0.3) is 0 Å². The molecule has 4 nitrogen and oxygen atoms in total. The third-order valence-corrected chi connectivity index (χ3v) is 3.31. The number of benzene rings is 1. The van der Waals surface area contributed by atoms with E-state index in [4.69, 9.17) is 0 Å². The van der Waals surface area contributed by atoms with Gasteiger partial charge in [0.2, 0.25) is 5.91 Å². The first kappa shape index (κ1) is 13.1. The van der Waals surface area contributed by atoms with E-state index < -0.39 is 0 Å². The molecule has 0 aliphatic carbocycles. The summed E-state index contributed by atoms with van der Waals surface area (Å²) in [5, 5.41) is 15.5. The molecule has 3 N–H and O–H groups in total. The highest BCUT2D eigenvalue weighted by atomic mass is 16.3. The third-order valence-electron chi connectivity index (χ3n) is 3.31. The Morgan fingerprint density at radius 3 is 2.83 bits per heavy atom. The fourth-order valence-corrected chi connectivity index (χ4v) is 2.33. The maximum Gasteiger partial charge on any atom is 0.222 e. The quantitative estimate of drug-likeness (QED) is 0.728. The summed E-state index contributed by atoms with van der Waals surface area (Å²) >= 11 is 0. The first-order chi connectivity index (χ1) is 8.79. The minimum Gasteiger partial charge on any atom is -0.394 e. The van der Waals surface area contributed by atoms with E-state index in [-0.39, 0.29) is 18.6 Å². The average Bonchev–Trinajstić information content (AvgIpc) is 2.90. The van der Waals surface area contributed by atoms with Gasteiger partial charge in [-0.25, -0.2) is 0 Å². The largest absolute Gasteiger partial charge is 0.394 e. The van der Waals surface area contributed by atoms with Crippen molar-refractivity contribution in [3.05, 3.63) is 35.9 Å². The van der Waals surface area contributed by atoms with E-state index in [1.165, 1.54) is 0 Å². The molecule has 0 aromatic heterocycles. The Balaban J connectivity index is 1.87. The standard InChI is InChI=1S/C14H20N2O2/c17-10-13(11-5-2-1-3-6-11)16-14(18)9-12-7-4-8-15-12/h1-3,5-6,12-13,15,17H,4,7-10H2,(H,16,18). The van der Waals surface area contributed by atoms with Gasteiger partial charge >= 0.3 is 0 Å². The number of hydrogen-bond donors (Lipinski definition) is 3. The highest BCUT2D eigenvalue weighted by Crippen LogP contribution is 2.13. The van der Waals surface area contributed by atoms with Crippen molar-refractivity contribution in [3.8, 4) is 0 Å². The number of hydrogen-bond acceptors (Lipinski definition) is 3. The van der Waals surface area contributed by atoms with Crippen molar-refractivity contribution >= 4 is 5.91 Å². The van der Waals surface area contributed by atoms with Crippen molar-refractivity contribution in [1.29, 1.82) is 0 Å². The van der Waals surface area contributed by atoms with E-state index in [1.807, 2.05) is 30.3 Å². The molecule has 1 heterocycles. The van der Waals surface area contributed by atoms with Crippen molar-refractivity contribution in [2.24, 2.45) is 0 Å². The second kappa shape index (κ2) is 6.52. The molecule has 2 unspecified atom stereocenters. The van der Waals surface area contributed by atoms with Crippen LogP contribution in [0.2, 0.25) is 0 Å². The Morgan fingerprint density at radius 2 is 2.22 bits per heavy atom. The van der Waals surface area contributed by atoms with Gasteiger partial charge in [-0.2, -0.15) is 0 Å². The molecule has 1 fully saturated rings. The van der Waals surface area contributed by atoms with Gasteiger partial charge in [0.1, 0.15) is 0 Å². The second-order valence-corrected chi connectivity index (χ2v) is 4.71. The highest BCUT2D eigenvalue weighted by molar-refractivity contribution is 5.77. The molecule has 4 heteroatoms. The molecular weight excluding hydrogens is 228 g/mol. The summed E-state index contributed by atoms with van der Waals surface area (Å²) in [6.45, 7) is 0.925. The number of rotatable bonds is 5. The van der Waals surface area contributed by atoms with E-state index in [2.05, 4.69) is 10.6 Å². The molecule has 0 radical (unpaired) electrons. The Labute approximate surface area is 107 Å². The Bertz CT molecular complexity index is 375. The zero-order chi connectivity index (χ0) is 12.8. The monoisotopic (exact) mass is 248 g/mol. The lowest BCUT2D eigenvalue weighted by Crippen LogP contribution is -2.35. The van der Waals surface area contributed by atoms with Crippen LogP contribution >= 0.6 is 0 Å². The molecule has 1 amide bonds. The average molecular weight is 248 g/mol. The molecule has 1 saturated heterocycles. The summed E-state index contributed by atoms with van der Waals surface area (Å²) in [5.74, 6) is -0.00250. The van der Waals surface area contributed by atoms with Crippen molar-refractivity contribution in [2.75, 3.05) is 13.2 Å². The molecule has 2 atom stereocenters. The Kier molecular flexibility index (Phi) is 4.73. The van der Waals surface area contributed by atoms with E-state index >= 15 is 0 Å². The second-order valence-electron chi connectivity index (χ2n) is 4.71. The Hall–Kier alpha value is -1.39. The maximum absolute atomic E-state index is 11.9. The van der Waals surface area contributed by atoms with Crippen LogP contribution in [0.3, 0.4) is 0 Å². The van der Waals surface area contributed by atoms with E-state index in [9.17, 15) is 9.90 Å². The molecule has 1 aromatic carbocycles. The highest BCUT2D eigenvalue weighted by Gasteiger charge is 2.20. The number of aliphatic hydroxyl groups is 1. The van der Waals surface area contributed by atoms with Crippen LogP contribution in [-0.2, 0) is 4.79 Å². The van der Waals surface area contributed by atoms with Crippen LogP contribution in [0.1, 0.15) is 30.9 Å². The van der Waals surface area contributed by atoms with Gasteiger partial charge in [-0.05, 0) is 24.9 Å². The van der Waals surface area contributed by atoms with Crippen LogP contribution < -0.4 is 10.6 Å². The number of carbonyl (C=O) groups is 1. The maximum atomic E-state index is 11.9. The zero-order valence-corrected chi connectivity index (χ0v) is 10.4. The van der Waals surface area contributed by atoms with E-state index in [1.54, 1.807) is 0 Å². The molecule has 0 saturated carbocycles. The molecule has 18 heavy (non-hydrogen) atoms. The predicted molar refractivity (Wildman–Crippen MR) is 70.1 cm³/mol. The molecule has 1 aliphatic heterocycles. The van der Waals surface area contributed by atoms with Crippen molar-refractivity contribution in [3.63, 3.8) is 0 Å². The number of nitrogens with one attached hydrogen (secondary N) is 2. The van der Waals surface area contributed by atoms with Crippen LogP contribution in [0.25, 0.3) is 0 Å². The third kappa shape index (κ3) is 3.55. The van der Waals surface area contributed by atoms with Crippen LogP contribution in [0.4, 0.5) is 0 Å². The Morgan fingerprint density at radius 1 is 1.44 bits per heavy atom. The van der Waals surface area contributed by atoms with E-state index in [0.717, 1.165) is 24.9 Å². The molecule has 2 rings (SSSR count). The lowest BCUT2D eigenvalue weighted by Gasteiger charge is -2.18. The summed E-state index contributed by atoms with van der Waals surface area (Å²) in [4.78, 5) is 11.9. The van der Waals surface area contributed by atoms with Gasteiger partial charge < -0.3 is 15.7 Å². The van der Waals surface area contributed by atoms with Crippen LogP contribution in [-0.4, -0.2) is 30.2 Å². The smallest absolute Gasteiger partial charge is 0.222 e. The minimum absolute atomic E-state index is 0.00250. The topological polar surface area (TPSA) is 61.4 Å². The lowest BCUT2D eigenvalue weighted by atomic mass is 10.1. The zero-order valence-electron chi connectivity index (χ0n) is 10.4. The van der Waals surface area contributed by atoms with Gasteiger partial charge in [-0.3, -0.25) is 4.79 Å². The molecule has 0 bridgehead atoms. The lowest BCUT2D eigenvalue weighted by molar-refractivity contribution is -0.122. The van der Waals surface area contributed by atoms with Gasteiger partial charge in [-0.1, -0.05) is 30.3 Å². The van der Waals surface area contributed by atoms with Gasteiger partial charge in [0, 0.05) is 12.5 Å². The first-order valence-corrected chi connectivity index (χ1v) is 6.48. The SMILES string of the molecule is O=C(CC1CCCN1)NC(CO)c1ccccc1. The van der Waals surface area contributed by atoms with Crippen molar-refractivity contribution < 1.29 is 9.90 Å². The summed E-state index contributed by atoms with van der Waals surface area (Å²) in [6, 6.07) is 9.54. The summed E-state index contributed by atoms with van der Waals surface area (Å²) in [7, 11) is 0. The fourth-order valence-electron chi connectivity index (χ4n) is 2.33.